The highest BCUT2D eigenvalue weighted by molar-refractivity contribution is 6.08. The second-order valence-electron chi connectivity index (χ2n) is 6.22. The van der Waals surface area contributed by atoms with E-state index in [1.54, 1.807) is 24.1 Å². The Labute approximate surface area is 163 Å². The highest BCUT2D eigenvalue weighted by Crippen LogP contribution is 2.25. The van der Waals surface area contributed by atoms with E-state index in [1.165, 1.54) is 0 Å². The Bertz CT molecular complexity index is 1090. The first-order valence-electron chi connectivity index (χ1n) is 8.90. The molecule has 1 amide bonds. The van der Waals surface area contributed by atoms with Gasteiger partial charge in [0.05, 0.1) is 18.4 Å². The lowest BCUT2D eigenvalue weighted by Gasteiger charge is -2.07. The van der Waals surface area contributed by atoms with Gasteiger partial charge in [-0.15, -0.1) is 0 Å². The monoisotopic (exact) mass is 369 g/mol. The van der Waals surface area contributed by atoms with Gasteiger partial charge in [0, 0.05) is 23.5 Å². The first kappa shape index (κ1) is 17.5. The van der Waals surface area contributed by atoms with Crippen molar-refractivity contribution in [3.05, 3.63) is 96.7 Å². The molecule has 1 heterocycles. The molecule has 1 aromatic heterocycles. The molecular formula is C23H19N3O2. The van der Waals surface area contributed by atoms with Crippen LogP contribution in [-0.4, -0.2) is 22.8 Å². The van der Waals surface area contributed by atoms with E-state index in [0.29, 0.717) is 22.7 Å². The van der Waals surface area contributed by atoms with Gasteiger partial charge in [-0.05, 0) is 24.3 Å². The number of carbonyl (C=O) groups is 1. The van der Waals surface area contributed by atoms with Crippen molar-refractivity contribution in [1.29, 1.82) is 0 Å². The Morgan fingerprint density at radius 1 is 0.929 bits per heavy atom. The van der Waals surface area contributed by atoms with Crippen LogP contribution in [0.5, 0.6) is 5.75 Å². The van der Waals surface area contributed by atoms with E-state index in [0.717, 1.165) is 11.3 Å². The summed E-state index contributed by atoms with van der Waals surface area (Å²) in [6.07, 6.45) is 1.76. The van der Waals surface area contributed by atoms with Crippen molar-refractivity contribution >= 4 is 11.6 Å². The summed E-state index contributed by atoms with van der Waals surface area (Å²) >= 11 is 0. The molecule has 5 nitrogen and oxygen atoms in total. The van der Waals surface area contributed by atoms with Gasteiger partial charge in [-0.2, -0.15) is 5.10 Å². The number of anilines is 1. The molecule has 138 valence electrons. The summed E-state index contributed by atoms with van der Waals surface area (Å²) in [5.74, 6) is 0.454. The molecule has 3 aromatic carbocycles. The summed E-state index contributed by atoms with van der Waals surface area (Å²) in [6.45, 7) is 0. The molecule has 4 rings (SSSR count). The SMILES string of the molecule is COc1cccc(NC(=O)c2cn(-c3ccccc3)nc2-c2ccccc2)c1. The summed E-state index contributed by atoms with van der Waals surface area (Å²) in [5.41, 5.74) is 3.56. The zero-order valence-electron chi connectivity index (χ0n) is 15.4. The number of carbonyl (C=O) groups excluding carboxylic acids is 1. The van der Waals surface area contributed by atoms with Crippen molar-refractivity contribution in [2.75, 3.05) is 12.4 Å². The van der Waals surface area contributed by atoms with E-state index in [-0.39, 0.29) is 5.91 Å². The van der Waals surface area contributed by atoms with Crippen LogP contribution in [-0.2, 0) is 0 Å². The number of rotatable bonds is 5. The minimum Gasteiger partial charge on any atom is -0.497 e. The van der Waals surface area contributed by atoms with E-state index in [1.807, 2.05) is 78.9 Å². The maximum Gasteiger partial charge on any atom is 0.259 e. The fourth-order valence-electron chi connectivity index (χ4n) is 2.96. The number of benzene rings is 3. The zero-order chi connectivity index (χ0) is 19.3. The molecule has 4 aromatic rings. The van der Waals surface area contributed by atoms with Gasteiger partial charge >= 0.3 is 0 Å². The van der Waals surface area contributed by atoms with Crippen LogP contribution in [0, 0.1) is 0 Å². The van der Waals surface area contributed by atoms with Crippen LogP contribution in [0.2, 0.25) is 0 Å². The number of ether oxygens (including phenoxy) is 1. The van der Waals surface area contributed by atoms with Gasteiger partial charge < -0.3 is 10.1 Å². The molecule has 0 spiro atoms. The lowest BCUT2D eigenvalue weighted by atomic mass is 10.1. The molecule has 0 radical (unpaired) electrons. The Balaban J connectivity index is 1.74. The van der Waals surface area contributed by atoms with Crippen LogP contribution >= 0.6 is 0 Å². The first-order valence-corrected chi connectivity index (χ1v) is 8.90. The highest BCUT2D eigenvalue weighted by Gasteiger charge is 2.19. The zero-order valence-corrected chi connectivity index (χ0v) is 15.4. The van der Waals surface area contributed by atoms with Crippen molar-refractivity contribution in [3.63, 3.8) is 0 Å². The molecule has 28 heavy (non-hydrogen) atoms. The topological polar surface area (TPSA) is 56.1 Å². The number of aromatic nitrogens is 2. The molecule has 0 unspecified atom stereocenters. The van der Waals surface area contributed by atoms with Crippen LogP contribution in [0.3, 0.4) is 0 Å². The van der Waals surface area contributed by atoms with Crippen LogP contribution < -0.4 is 10.1 Å². The molecule has 0 saturated carbocycles. The first-order chi connectivity index (χ1) is 13.7. The molecule has 0 aliphatic rings. The third-order valence-corrected chi connectivity index (χ3v) is 4.35. The average molecular weight is 369 g/mol. The lowest BCUT2D eigenvalue weighted by Crippen LogP contribution is -2.12. The second-order valence-corrected chi connectivity index (χ2v) is 6.22. The number of amides is 1. The summed E-state index contributed by atoms with van der Waals surface area (Å²) in [7, 11) is 1.60. The number of nitrogens with one attached hydrogen (secondary N) is 1. The molecule has 1 N–H and O–H groups in total. The molecule has 0 atom stereocenters. The van der Waals surface area contributed by atoms with Crippen molar-refractivity contribution in [2.24, 2.45) is 0 Å². The van der Waals surface area contributed by atoms with Gasteiger partial charge in [0.1, 0.15) is 11.4 Å². The summed E-state index contributed by atoms with van der Waals surface area (Å²) in [5, 5.41) is 7.61. The maximum absolute atomic E-state index is 13.0. The van der Waals surface area contributed by atoms with Gasteiger partial charge in [-0.25, -0.2) is 4.68 Å². The number of para-hydroxylation sites is 1. The Morgan fingerprint density at radius 2 is 1.64 bits per heavy atom. The number of hydrogen-bond donors (Lipinski definition) is 1. The third-order valence-electron chi connectivity index (χ3n) is 4.35. The number of methoxy groups -OCH3 is 1. The fraction of sp³-hybridized carbons (Fsp3) is 0.0435. The minimum absolute atomic E-state index is 0.228. The summed E-state index contributed by atoms with van der Waals surface area (Å²) < 4.78 is 6.95. The van der Waals surface area contributed by atoms with Crippen LogP contribution in [0.1, 0.15) is 10.4 Å². The lowest BCUT2D eigenvalue weighted by molar-refractivity contribution is 0.102. The van der Waals surface area contributed by atoms with E-state index in [4.69, 9.17) is 4.74 Å². The fourth-order valence-corrected chi connectivity index (χ4v) is 2.96. The predicted molar refractivity (Wildman–Crippen MR) is 110 cm³/mol. The molecule has 0 bridgehead atoms. The van der Waals surface area contributed by atoms with Gasteiger partial charge in [0.25, 0.3) is 5.91 Å². The van der Waals surface area contributed by atoms with Crippen LogP contribution in [0.4, 0.5) is 5.69 Å². The standard InChI is InChI=1S/C23H19N3O2/c1-28-20-14-8-11-18(15-20)24-23(27)21-16-26(19-12-6-3-7-13-19)25-22(21)17-9-4-2-5-10-17/h2-16H,1H3,(H,24,27). The van der Waals surface area contributed by atoms with E-state index in [9.17, 15) is 4.79 Å². The third kappa shape index (κ3) is 3.64. The van der Waals surface area contributed by atoms with Crippen LogP contribution in [0.25, 0.3) is 16.9 Å². The molecule has 0 aliphatic carbocycles. The highest BCUT2D eigenvalue weighted by atomic mass is 16.5. The predicted octanol–water partition coefficient (Wildman–Crippen LogP) is 4.80. The van der Waals surface area contributed by atoms with Gasteiger partial charge in [-0.3, -0.25) is 4.79 Å². The number of hydrogen-bond acceptors (Lipinski definition) is 3. The second kappa shape index (κ2) is 7.80. The van der Waals surface area contributed by atoms with Crippen molar-refractivity contribution in [2.45, 2.75) is 0 Å². The molecule has 0 saturated heterocycles. The normalized spacial score (nSPS) is 10.5. The van der Waals surface area contributed by atoms with E-state index < -0.39 is 0 Å². The molecule has 5 heteroatoms. The van der Waals surface area contributed by atoms with E-state index >= 15 is 0 Å². The number of nitrogens with zero attached hydrogens (tertiary/aromatic N) is 2. The largest absolute Gasteiger partial charge is 0.497 e. The van der Waals surface area contributed by atoms with Gasteiger partial charge in [0.2, 0.25) is 0 Å². The Morgan fingerprint density at radius 3 is 2.36 bits per heavy atom. The van der Waals surface area contributed by atoms with Crippen molar-refractivity contribution < 1.29 is 9.53 Å². The van der Waals surface area contributed by atoms with Gasteiger partial charge in [0.15, 0.2) is 0 Å². The van der Waals surface area contributed by atoms with Crippen LogP contribution in [0.15, 0.2) is 91.1 Å². The minimum atomic E-state index is -0.228. The summed E-state index contributed by atoms with van der Waals surface area (Å²) in [6, 6.07) is 26.7. The maximum atomic E-state index is 13.0. The van der Waals surface area contributed by atoms with Gasteiger partial charge in [-0.1, -0.05) is 54.6 Å². The van der Waals surface area contributed by atoms with Crippen molar-refractivity contribution in [3.8, 4) is 22.7 Å². The Kier molecular flexibility index (Phi) is 4.89. The smallest absolute Gasteiger partial charge is 0.259 e. The molecule has 0 fully saturated rings. The Hall–Kier alpha value is -3.86. The quantitative estimate of drug-likeness (QED) is 0.550. The summed E-state index contributed by atoms with van der Waals surface area (Å²) in [4.78, 5) is 13.0. The van der Waals surface area contributed by atoms with Crippen molar-refractivity contribution in [1.82, 2.24) is 9.78 Å². The van der Waals surface area contributed by atoms with E-state index in [2.05, 4.69) is 10.4 Å². The average Bonchev–Trinajstić information content (AvgIpc) is 3.21. The molecule has 0 aliphatic heterocycles. The molecular weight excluding hydrogens is 350 g/mol.